The third-order valence-electron chi connectivity index (χ3n) is 4.66. The fraction of sp³-hybridized carbons (Fsp3) is 0.350. The minimum absolute atomic E-state index is 0.0985. The normalized spacial score (nSPS) is 16.5. The van der Waals surface area contributed by atoms with E-state index in [1.54, 1.807) is 19.0 Å². The van der Waals surface area contributed by atoms with Gasteiger partial charge >= 0.3 is 0 Å². The van der Waals surface area contributed by atoms with Crippen molar-refractivity contribution in [2.24, 2.45) is 0 Å². The van der Waals surface area contributed by atoms with Crippen LogP contribution in [-0.2, 0) is 4.79 Å². The first-order valence-electron chi connectivity index (χ1n) is 8.57. The molecule has 1 heterocycles. The standard InChI is InChI=1S/C20H24FN3O/c1-22(2)20(25)19(16-6-4-3-5-7-16)24-14-12-23(13-15-24)18-10-8-17(21)9-11-18/h3-11,19H,12-15H2,1-2H3/t19-/m0/s1. The molecule has 1 saturated heterocycles. The fourth-order valence-electron chi connectivity index (χ4n) is 3.28. The summed E-state index contributed by atoms with van der Waals surface area (Å²) in [6.07, 6.45) is 0. The summed E-state index contributed by atoms with van der Waals surface area (Å²) < 4.78 is 13.1. The highest BCUT2D eigenvalue weighted by Gasteiger charge is 2.31. The van der Waals surface area contributed by atoms with Crippen molar-refractivity contribution in [2.75, 3.05) is 45.2 Å². The Balaban J connectivity index is 1.74. The smallest absolute Gasteiger partial charge is 0.244 e. The molecule has 1 aliphatic rings. The fourth-order valence-corrected chi connectivity index (χ4v) is 3.28. The van der Waals surface area contributed by atoms with Crippen LogP contribution in [0.2, 0.25) is 0 Å². The summed E-state index contributed by atoms with van der Waals surface area (Å²) in [5.74, 6) is -0.121. The third kappa shape index (κ3) is 3.99. The Morgan fingerprint density at radius 3 is 2.12 bits per heavy atom. The number of hydrogen-bond donors (Lipinski definition) is 0. The molecule has 2 aromatic rings. The molecule has 0 bridgehead atoms. The largest absolute Gasteiger partial charge is 0.369 e. The van der Waals surface area contributed by atoms with Crippen LogP contribution in [0.4, 0.5) is 10.1 Å². The van der Waals surface area contributed by atoms with Crippen LogP contribution in [0.1, 0.15) is 11.6 Å². The molecule has 132 valence electrons. The van der Waals surface area contributed by atoms with Crippen LogP contribution in [0.3, 0.4) is 0 Å². The zero-order valence-corrected chi connectivity index (χ0v) is 14.7. The van der Waals surface area contributed by atoms with E-state index >= 15 is 0 Å². The number of likely N-dealkylation sites (N-methyl/N-ethyl adjacent to an activating group) is 1. The SMILES string of the molecule is CN(C)C(=O)[C@H](c1ccccc1)N1CCN(c2ccc(F)cc2)CC1. The Bertz CT molecular complexity index is 695. The van der Waals surface area contributed by atoms with Crippen molar-refractivity contribution >= 4 is 11.6 Å². The van der Waals surface area contributed by atoms with Gasteiger partial charge < -0.3 is 9.80 Å². The van der Waals surface area contributed by atoms with Gasteiger partial charge in [0, 0.05) is 46.0 Å². The topological polar surface area (TPSA) is 26.8 Å². The zero-order chi connectivity index (χ0) is 17.8. The number of piperazine rings is 1. The second-order valence-corrected chi connectivity index (χ2v) is 6.55. The molecule has 0 aromatic heterocycles. The van der Waals surface area contributed by atoms with Crippen molar-refractivity contribution < 1.29 is 9.18 Å². The van der Waals surface area contributed by atoms with Gasteiger partial charge in [0.05, 0.1) is 0 Å². The van der Waals surface area contributed by atoms with Gasteiger partial charge in [-0.3, -0.25) is 9.69 Å². The molecule has 2 aromatic carbocycles. The van der Waals surface area contributed by atoms with E-state index in [-0.39, 0.29) is 17.8 Å². The van der Waals surface area contributed by atoms with Crippen LogP contribution in [0.5, 0.6) is 0 Å². The van der Waals surface area contributed by atoms with Crippen LogP contribution in [0.15, 0.2) is 54.6 Å². The molecule has 5 heteroatoms. The molecular formula is C20H24FN3O. The second-order valence-electron chi connectivity index (χ2n) is 6.55. The lowest BCUT2D eigenvalue weighted by Crippen LogP contribution is -2.51. The van der Waals surface area contributed by atoms with Gasteiger partial charge in [-0.15, -0.1) is 0 Å². The first-order chi connectivity index (χ1) is 12.1. The molecular weight excluding hydrogens is 317 g/mol. The van der Waals surface area contributed by atoms with Crippen LogP contribution < -0.4 is 4.90 Å². The van der Waals surface area contributed by atoms with Crippen molar-refractivity contribution in [3.05, 3.63) is 66.0 Å². The summed E-state index contributed by atoms with van der Waals surface area (Å²) in [6, 6.07) is 16.3. The molecule has 1 fully saturated rings. The maximum absolute atomic E-state index is 13.1. The van der Waals surface area contributed by atoms with E-state index in [1.807, 2.05) is 42.5 Å². The van der Waals surface area contributed by atoms with Crippen LogP contribution >= 0.6 is 0 Å². The van der Waals surface area contributed by atoms with E-state index < -0.39 is 0 Å². The van der Waals surface area contributed by atoms with E-state index in [0.29, 0.717) is 0 Å². The summed E-state index contributed by atoms with van der Waals surface area (Å²) in [5.41, 5.74) is 2.05. The molecule has 3 rings (SSSR count). The number of nitrogens with zero attached hydrogens (tertiary/aromatic N) is 3. The van der Waals surface area contributed by atoms with E-state index in [0.717, 1.165) is 37.4 Å². The summed E-state index contributed by atoms with van der Waals surface area (Å²) in [4.78, 5) is 18.9. The van der Waals surface area contributed by atoms with Gasteiger partial charge in [0.2, 0.25) is 5.91 Å². The summed E-state index contributed by atoms with van der Waals surface area (Å²) in [5, 5.41) is 0. The molecule has 1 aliphatic heterocycles. The molecule has 0 N–H and O–H groups in total. The van der Waals surface area contributed by atoms with Crippen LogP contribution in [-0.4, -0.2) is 56.0 Å². The molecule has 1 atom stereocenters. The van der Waals surface area contributed by atoms with Gasteiger partial charge in [0.25, 0.3) is 0 Å². The number of amides is 1. The van der Waals surface area contributed by atoms with Gasteiger partial charge in [-0.1, -0.05) is 30.3 Å². The highest BCUT2D eigenvalue weighted by atomic mass is 19.1. The van der Waals surface area contributed by atoms with Crippen molar-refractivity contribution in [3.63, 3.8) is 0 Å². The Hall–Kier alpha value is -2.40. The Kier molecular flexibility index (Phi) is 5.34. The average molecular weight is 341 g/mol. The zero-order valence-electron chi connectivity index (χ0n) is 14.7. The molecule has 0 aliphatic carbocycles. The molecule has 25 heavy (non-hydrogen) atoms. The lowest BCUT2D eigenvalue weighted by atomic mass is 10.0. The van der Waals surface area contributed by atoms with Gasteiger partial charge in [-0.25, -0.2) is 4.39 Å². The maximum atomic E-state index is 13.1. The minimum atomic E-state index is -0.258. The van der Waals surface area contributed by atoms with Crippen molar-refractivity contribution in [2.45, 2.75) is 6.04 Å². The quantitative estimate of drug-likeness (QED) is 0.856. The summed E-state index contributed by atoms with van der Waals surface area (Å²) in [7, 11) is 3.60. The lowest BCUT2D eigenvalue weighted by molar-refractivity contribution is -0.134. The Labute approximate surface area is 148 Å². The molecule has 0 unspecified atom stereocenters. The lowest BCUT2D eigenvalue weighted by Gasteiger charge is -2.40. The van der Waals surface area contributed by atoms with E-state index in [2.05, 4.69) is 9.80 Å². The first-order valence-corrected chi connectivity index (χ1v) is 8.57. The van der Waals surface area contributed by atoms with Crippen molar-refractivity contribution in [1.29, 1.82) is 0 Å². The molecule has 0 radical (unpaired) electrons. The van der Waals surface area contributed by atoms with Gasteiger partial charge in [0.1, 0.15) is 11.9 Å². The van der Waals surface area contributed by atoms with E-state index in [1.165, 1.54) is 12.1 Å². The first kappa shape index (κ1) is 17.4. The number of rotatable bonds is 4. The predicted octanol–water partition coefficient (Wildman–Crippen LogP) is 2.78. The number of anilines is 1. The monoisotopic (exact) mass is 341 g/mol. The molecule has 0 spiro atoms. The van der Waals surface area contributed by atoms with Crippen molar-refractivity contribution in [1.82, 2.24) is 9.80 Å². The highest BCUT2D eigenvalue weighted by Crippen LogP contribution is 2.25. The molecule has 4 nitrogen and oxygen atoms in total. The van der Waals surface area contributed by atoms with Gasteiger partial charge in [-0.2, -0.15) is 0 Å². The Morgan fingerprint density at radius 2 is 1.56 bits per heavy atom. The van der Waals surface area contributed by atoms with E-state index in [9.17, 15) is 9.18 Å². The number of carbonyl (C=O) groups excluding carboxylic acids is 1. The highest BCUT2D eigenvalue weighted by molar-refractivity contribution is 5.83. The van der Waals surface area contributed by atoms with E-state index in [4.69, 9.17) is 0 Å². The molecule has 1 amide bonds. The maximum Gasteiger partial charge on any atom is 0.244 e. The van der Waals surface area contributed by atoms with Gasteiger partial charge in [-0.05, 0) is 29.8 Å². The molecule has 0 saturated carbocycles. The third-order valence-corrected chi connectivity index (χ3v) is 4.66. The number of halogens is 1. The van der Waals surface area contributed by atoms with Crippen LogP contribution in [0, 0.1) is 5.82 Å². The Morgan fingerprint density at radius 1 is 0.960 bits per heavy atom. The minimum Gasteiger partial charge on any atom is -0.369 e. The number of carbonyl (C=O) groups is 1. The van der Waals surface area contributed by atoms with Gasteiger partial charge in [0.15, 0.2) is 0 Å². The number of benzene rings is 2. The van der Waals surface area contributed by atoms with Crippen LogP contribution in [0.25, 0.3) is 0 Å². The second kappa shape index (κ2) is 7.66. The average Bonchev–Trinajstić information content (AvgIpc) is 2.64. The summed E-state index contributed by atoms with van der Waals surface area (Å²) in [6.45, 7) is 3.21. The van der Waals surface area contributed by atoms with Crippen molar-refractivity contribution in [3.8, 4) is 0 Å². The summed E-state index contributed by atoms with van der Waals surface area (Å²) >= 11 is 0. The predicted molar refractivity (Wildman–Crippen MR) is 98.1 cm³/mol. The number of hydrogen-bond acceptors (Lipinski definition) is 3.